The van der Waals surface area contributed by atoms with Gasteiger partial charge in [0.1, 0.15) is 11.5 Å². The predicted octanol–water partition coefficient (Wildman–Crippen LogP) is 5.93. The summed E-state index contributed by atoms with van der Waals surface area (Å²) in [7, 11) is 0. The van der Waals surface area contributed by atoms with E-state index in [-0.39, 0.29) is 17.3 Å². The molecule has 28 heavy (non-hydrogen) atoms. The van der Waals surface area contributed by atoms with Crippen LogP contribution in [0, 0.1) is 12.7 Å². The molecular weight excluding hydrogens is 445 g/mol. The highest BCUT2D eigenvalue weighted by Crippen LogP contribution is 2.31. The Morgan fingerprint density at radius 3 is 2.39 bits per heavy atom. The molecule has 0 saturated heterocycles. The third-order valence-electron chi connectivity index (χ3n) is 4.08. The van der Waals surface area contributed by atoms with E-state index in [1.807, 2.05) is 39.8 Å². The van der Waals surface area contributed by atoms with Gasteiger partial charge in [0, 0.05) is 26.2 Å². The Kier molecular flexibility index (Phi) is 5.64. The lowest BCUT2D eigenvalue weighted by atomic mass is 10.0. The summed E-state index contributed by atoms with van der Waals surface area (Å²) in [6.45, 7) is 7.49. The Labute approximate surface area is 176 Å². The number of halogens is 3. The molecule has 1 N–H and O–H groups in total. The second-order valence-electron chi connectivity index (χ2n) is 7.54. The van der Waals surface area contributed by atoms with Crippen LogP contribution in [0.2, 0.25) is 5.02 Å². The maximum absolute atomic E-state index is 14.7. The van der Waals surface area contributed by atoms with E-state index in [0.29, 0.717) is 20.8 Å². The van der Waals surface area contributed by atoms with Crippen LogP contribution in [0.5, 0.6) is 0 Å². The lowest BCUT2D eigenvalue weighted by Gasteiger charge is -2.19. The zero-order valence-corrected chi connectivity index (χ0v) is 18.3. The van der Waals surface area contributed by atoms with Gasteiger partial charge in [-0.05, 0) is 58.0 Å². The number of hydrogen-bond donors (Lipinski definition) is 1. The van der Waals surface area contributed by atoms with Crippen LogP contribution in [-0.2, 0) is 0 Å². The SMILES string of the molecule is Cc1c(C(=O)NC(C)(C)C)nn(-c2ccc(Br)cc2F)c1-c1ccc(Cl)cc1. The van der Waals surface area contributed by atoms with Crippen molar-refractivity contribution in [3.63, 3.8) is 0 Å². The summed E-state index contributed by atoms with van der Waals surface area (Å²) >= 11 is 9.28. The molecule has 0 saturated carbocycles. The third-order valence-corrected chi connectivity index (χ3v) is 4.83. The van der Waals surface area contributed by atoms with Gasteiger partial charge in [-0.1, -0.05) is 39.7 Å². The van der Waals surface area contributed by atoms with Crippen LogP contribution in [-0.4, -0.2) is 21.2 Å². The topological polar surface area (TPSA) is 46.9 Å². The molecule has 0 fully saturated rings. The molecule has 0 aliphatic heterocycles. The zero-order valence-electron chi connectivity index (χ0n) is 16.0. The molecule has 0 spiro atoms. The van der Waals surface area contributed by atoms with Crippen LogP contribution < -0.4 is 5.32 Å². The van der Waals surface area contributed by atoms with Crippen molar-refractivity contribution in [1.82, 2.24) is 15.1 Å². The standard InChI is InChI=1S/C21H20BrClFN3O/c1-12-18(20(28)25-21(2,3)4)26-27(17-10-7-14(22)11-16(17)24)19(12)13-5-8-15(23)9-6-13/h5-11H,1-4H3,(H,25,28). The number of amides is 1. The van der Waals surface area contributed by atoms with Gasteiger partial charge < -0.3 is 5.32 Å². The number of hydrogen-bond acceptors (Lipinski definition) is 2. The summed E-state index contributed by atoms with van der Waals surface area (Å²) in [4.78, 5) is 12.8. The van der Waals surface area contributed by atoms with Crippen molar-refractivity contribution in [3.05, 3.63) is 69.0 Å². The first-order chi connectivity index (χ1) is 13.1. The summed E-state index contributed by atoms with van der Waals surface area (Å²) in [6.07, 6.45) is 0. The molecule has 2 aromatic carbocycles. The number of nitrogens with one attached hydrogen (secondary N) is 1. The summed E-state index contributed by atoms with van der Waals surface area (Å²) < 4.78 is 16.8. The van der Waals surface area contributed by atoms with Crippen LogP contribution in [0.1, 0.15) is 36.8 Å². The highest BCUT2D eigenvalue weighted by molar-refractivity contribution is 9.10. The average molecular weight is 465 g/mol. The minimum absolute atomic E-state index is 0.252. The number of rotatable bonds is 3. The van der Waals surface area contributed by atoms with Crippen LogP contribution in [0.25, 0.3) is 16.9 Å². The molecule has 3 rings (SSSR count). The second kappa shape index (κ2) is 7.68. The Balaban J connectivity index is 2.23. The molecule has 1 amide bonds. The minimum atomic E-state index is -0.449. The number of carbonyl (C=O) groups is 1. The lowest BCUT2D eigenvalue weighted by Crippen LogP contribution is -2.41. The number of benzene rings is 2. The van der Waals surface area contributed by atoms with E-state index >= 15 is 0 Å². The van der Waals surface area contributed by atoms with Gasteiger partial charge >= 0.3 is 0 Å². The molecule has 0 radical (unpaired) electrons. The lowest BCUT2D eigenvalue weighted by molar-refractivity contribution is 0.0913. The number of carbonyl (C=O) groups excluding carboxylic acids is 1. The normalized spacial score (nSPS) is 11.5. The fraction of sp³-hybridized carbons (Fsp3) is 0.238. The van der Waals surface area contributed by atoms with E-state index in [1.165, 1.54) is 10.7 Å². The first kappa shape index (κ1) is 20.6. The van der Waals surface area contributed by atoms with E-state index < -0.39 is 11.4 Å². The Morgan fingerprint density at radius 2 is 1.82 bits per heavy atom. The highest BCUT2D eigenvalue weighted by Gasteiger charge is 2.25. The van der Waals surface area contributed by atoms with Crippen LogP contribution in [0.4, 0.5) is 4.39 Å². The van der Waals surface area contributed by atoms with Crippen molar-refractivity contribution in [1.29, 1.82) is 0 Å². The van der Waals surface area contributed by atoms with Gasteiger partial charge in [-0.3, -0.25) is 4.79 Å². The predicted molar refractivity (Wildman–Crippen MR) is 114 cm³/mol. The van der Waals surface area contributed by atoms with Crippen molar-refractivity contribution in [2.45, 2.75) is 33.2 Å². The molecule has 1 aromatic heterocycles. The molecule has 0 aliphatic rings. The van der Waals surface area contributed by atoms with Gasteiger partial charge in [-0.2, -0.15) is 5.10 Å². The Morgan fingerprint density at radius 1 is 1.18 bits per heavy atom. The second-order valence-corrected chi connectivity index (χ2v) is 8.89. The molecule has 0 unspecified atom stereocenters. The quantitative estimate of drug-likeness (QED) is 0.522. The zero-order chi connectivity index (χ0) is 20.6. The van der Waals surface area contributed by atoms with Crippen molar-refractivity contribution in [3.8, 4) is 16.9 Å². The average Bonchev–Trinajstić information content (AvgIpc) is 2.91. The molecule has 0 atom stereocenters. The fourth-order valence-corrected chi connectivity index (χ4v) is 3.34. The first-order valence-corrected chi connectivity index (χ1v) is 9.87. The van der Waals surface area contributed by atoms with Crippen molar-refractivity contribution in [2.24, 2.45) is 0 Å². The third kappa shape index (κ3) is 4.28. The smallest absolute Gasteiger partial charge is 0.272 e. The van der Waals surface area contributed by atoms with Gasteiger partial charge in [0.15, 0.2) is 5.69 Å². The van der Waals surface area contributed by atoms with Gasteiger partial charge in [-0.15, -0.1) is 0 Å². The molecule has 146 valence electrons. The van der Waals surface area contributed by atoms with Gasteiger partial charge in [0.05, 0.1) is 5.69 Å². The summed E-state index contributed by atoms with van der Waals surface area (Å²) in [6, 6.07) is 11.9. The summed E-state index contributed by atoms with van der Waals surface area (Å²) in [5.74, 6) is -0.758. The van der Waals surface area contributed by atoms with Gasteiger partial charge in [0.2, 0.25) is 0 Å². The van der Waals surface area contributed by atoms with E-state index in [0.717, 1.165) is 5.56 Å². The van der Waals surface area contributed by atoms with E-state index in [2.05, 4.69) is 26.3 Å². The fourth-order valence-electron chi connectivity index (χ4n) is 2.89. The van der Waals surface area contributed by atoms with Crippen molar-refractivity contribution < 1.29 is 9.18 Å². The number of nitrogens with zero attached hydrogens (tertiary/aromatic N) is 2. The summed E-state index contributed by atoms with van der Waals surface area (Å²) in [5.41, 5.74) is 2.17. The van der Waals surface area contributed by atoms with Crippen LogP contribution >= 0.6 is 27.5 Å². The monoisotopic (exact) mass is 463 g/mol. The largest absolute Gasteiger partial charge is 0.346 e. The molecule has 1 heterocycles. The number of aromatic nitrogens is 2. The molecule has 0 aliphatic carbocycles. The Bertz CT molecular complexity index is 1040. The van der Waals surface area contributed by atoms with Crippen LogP contribution in [0.3, 0.4) is 0 Å². The van der Waals surface area contributed by atoms with Gasteiger partial charge in [0.25, 0.3) is 5.91 Å². The van der Waals surface area contributed by atoms with Crippen molar-refractivity contribution >= 4 is 33.4 Å². The first-order valence-electron chi connectivity index (χ1n) is 8.70. The van der Waals surface area contributed by atoms with E-state index in [1.54, 1.807) is 24.3 Å². The molecule has 7 heteroatoms. The van der Waals surface area contributed by atoms with E-state index in [4.69, 9.17) is 11.6 Å². The van der Waals surface area contributed by atoms with Crippen LogP contribution in [0.15, 0.2) is 46.9 Å². The molecular formula is C21H20BrClFN3O. The minimum Gasteiger partial charge on any atom is -0.346 e. The molecule has 0 bridgehead atoms. The highest BCUT2D eigenvalue weighted by atomic mass is 79.9. The maximum Gasteiger partial charge on any atom is 0.272 e. The van der Waals surface area contributed by atoms with Crippen molar-refractivity contribution in [2.75, 3.05) is 0 Å². The molecule has 4 nitrogen and oxygen atoms in total. The van der Waals surface area contributed by atoms with E-state index in [9.17, 15) is 9.18 Å². The molecule has 3 aromatic rings. The maximum atomic E-state index is 14.7. The Hall–Kier alpha value is -2.18. The van der Waals surface area contributed by atoms with Gasteiger partial charge in [-0.25, -0.2) is 9.07 Å². The summed E-state index contributed by atoms with van der Waals surface area (Å²) in [5, 5.41) is 7.98.